The van der Waals surface area contributed by atoms with Crippen molar-refractivity contribution in [3.8, 4) is 0 Å². The van der Waals surface area contributed by atoms with E-state index in [1.54, 1.807) is 6.07 Å². The van der Waals surface area contributed by atoms with Crippen LogP contribution in [0.25, 0.3) is 0 Å². The number of fused-ring (bicyclic) bond motifs is 1. The highest BCUT2D eigenvalue weighted by atomic mass is 35.5. The lowest BCUT2D eigenvalue weighted by atomic mass is 9.94. The first kappa shape index (κ1) is 15.7. The summed E-state index contributed by atoms with van der Waals surface area (Å²) in [5.74, 6) is -2.69. The Balaban J connectivity index is 1.98. The Bertz CT molecular complexity index is 775. The van der Waals surface area contributed by atoms with Gasteiger partial charge in [0.15, 0.2) is 0 Å². The van der Waals surface area contributed by atoms with Crippen molar-refractivity contribution < 1.29 is 18.7 Å². The Kier molecular flexibility index (Phi) is 3.93. The van der Waals surface area contributed by atoms with Gasteiger partial charge in [0, 0.05) is 18.4 Å². The quantitative estimate of drug-likeness (QED) is 0.845. The number of halogens is 3. The number of benzene rings is 1. The molecule has 1 aliphatic rings. The number of anilines is 1. The van der Waals surface area contributed by atoms with Gasteiger partial charge in [0.05, 0.1) is 6.04 Å². The second-order valence-corrected chi connectivity index (χ2v) is 5.79. The summed E-state index contributed by atoms with van der Waals surface area (Å²) in [7, 11) is 0. The Morgan fingerprint density at radius 2 is 2.00 bits per heavy atom. The molecule has 1 aromatic carbocycles. The molecule has 0 radical (unpaired) electrons. The molecule has 3 rings (SSSR count). The van der Waals surface area contributed by atoms with E-state index in [0.717, 1.165) is 11.1 Å². The van der Waals surface area contributed by atoms with Crippen molar-refractivity contribution in [1.29, 1.82) is 0 Å². The molecule has 120 valence electrons. The fourth-order valence-electron chi connectivity index (χ4n) is 2.88. The summed E-state index contributed by atoms with van der Waals surface area (Å²) in [5.41, 5.74) is 2.12. The summed E-state index contributed by atoms with van der Waals surface area (Å²) in [6.45, 7) is 2.39. The minimum atomic E-state index is -1.08. The van der Waals surface area contributed by atoms with Crippen LogP contribution in [0.2, 0.25) is 5.02 Å². The molecule has 0 aliphatic carbocycles. The lowest BCUT2D eigenvalue weighted by Gasteiger charge is -2.37. The minimum Gasteiger partial charge on any atom is -0.477 e. The van der Waals surface area contributed by atoms with Gasteiger partial charge in [-0.2, -0.15) is 0 Å². The fourth-order valence-corrected chi connectivity index (χ4v) is 2.99. The van der Waals surface area contributed by atoms with Crippen molar-refractivity contribution in [2.24, 2.45) is 0 Å². The van der Waals surface area contributed by atoms with Crippen LogP contribution in [-0.4, -0.2) is 22.6 Å². The van der Waals surface area contributed by atoms with Crippen LogP contribution in [0.5, 0.6) is 0 Å². The number of aromatic carboxylic acids is 1. The van der Waals surface area contributed by atoms with E-state index in [1.165, 1.54) is 18.3 Å². The average Bonchev–Trinajstić information content (AvgIpc) is 2.52. The van der Waals surface area contributed by atoms with Crippen molar-refractivity contribution in [3.63, 3.8) is 0 Å². The highest BCUT2D eigenvalue weighted by Gasteiger charge is 2.26. The summed E-state index contributed by atoms with van der Waals surface area (Å²) < 4.78 is 27.4. The van der Waals surface area contributed by atoms with Crippen LogP contribution in [0, 0.1) is 11.6 Å². The second kappa shape index (κ2) is 5.77. The zero-order valence-corrected chi connectivity index (χ0v) is 12.9. The third-order valence-electron chi connectivity index (χ3n) is 4.08. The van der Waals surface area contributed by atoms with Crippen LogP contribution < -0.4 is 4.90 Å². The molecule has 0 amide bonds. The number of carbonyl (C=O) groups is 1. The van der Waals surface area contributed by atoms with Crippen LogP contribution >= 0.6 is 11.6 Å². The second-order valence-electron chi connectivity index (χ2n) is 5.42. The maximum absolute atomic E-state index is 13.7. The first-order valence-electron chi connectivity index (χ1n) is 7.01. The number of carboxylic acid groups (broad SMARTS) is 1. The smallest absolute Gasteiger partial charge is 0.354 e. The first-order chi connectivity index (χ1) is 10.9. The molecule has 0 bridgehead atoms. The average molecular weight is 339 g/mol. The van der Waals surface area contributed by atoms with Gasteiger partial charge in [0.2, 0.25) is 0 Å². The molecule has 1 N–H and O–H groups in total. The molecule has 1 unspecified atom stereocenters. The first-order valence-corrected chi connectivity index (χ1v) is 7.39. The van der Waals surface area contributed by atoms with E-state index >= 15 is 0 Å². The standard InChI is InChI=1S/C16H13ClF2N2O2/c1-8-11-7-20-14(16(22)23)4-9(11)2-3-21(8)10-5-12(18)15(17)13(19)6-10/h4-8H,2-3H2,1H3,(H,22,23). The van der Waals surface area contributed by atoms with E-state index in [2.05, 4.69) is 4.98 Å². The highest BCUT2D eigenvalue weighted by molar-refractivity contribution is 6.30. The Morgan fingerprint density at radius 3 is 2.61 bits per heavy atom. The lowest BCUT2D eigenvalue weighted by Crippen LogP contribution is -2.34. The molecular formula is C16H13ClF2N2O2. The number of aromatic nitrogens is 1. The minimum absolute atomic E-state index is 0.00650. The molecule has 2 heterocycles. The van der Waals surface area contributed by atoms with Gasteiger partial charge in [-0.1, -0.05) is 11.6 Å². The summed E-state index contributed by atoms with van der Waals surface area (Å²) in [4.78, 5) is 16.8. The molecule has 0 saturated heterocycles. The van der Waals surface area contributed by atoms with Crippen LogP contribution in [0.3, 0.4) is 0 Å². The molecule has 0 spiro atoms. The predicted molar refractivity (Wildman–Crippen MR) is 82.0 cm³/mol. The normalized spacial score (nSPS) is 17.0. The summed E-state index contributed by atoms with van der Waals surface area (Å²) >= 11 is 5.52. The fraction of sp³-hybridized carbons (Fsp3) is 0.250. The monoisotopic (exact) mass is 338 g/mol. The van der Waals surface area contributed by atoms with Crippen molar-refractivity contribution in [3.05, 3.63) is 57.9 Å². The van der Waals surface area contributed by atoms with Crippen molar-refractivity contribution in [2.45, 2.75) is 19.4 Å². The van der Waals surface area contributed by atoms with Crippen LogP contribution in [0.15, 0.2) is 24.4 Å². The molecule has 1 aliphatic heterocycles. The molecule has 23 heavy (non-hydrogen) atoms. The molecule has 1 aromatic heterocycles. The maximum Gasteiger partial charge on any atom is 0.354 e. The largest absolute Gasteiger partial charge is 0.477 e. The SMILES string of the molecule is CC1c2cnc(C(=O)O)cc2CCN1c1cc(F)c(Cl)c(F)c1. The molecule has 4 nitrogen and oxygen atoms in total. The Labute approximate surface area is 136 Å². The third kappa shape index (κ3) is 2.74. The van der Waals surface area contributed by atoms with Crippen molar-refractivity contribution in [1.82, 2.24) is 4.98 Å². The zero-order valence-electron chi connectivity index (χ0n) is 12.2. The van der Waals surface area contributed by atoms with E-state index in [9.17, 15) is 13.6 Å². The van der Waals surface area contributed by atoms with Crippen molar-refractivity contribution >= 4 is 23.3 Å². The van der Waals surface area contributed by atoms with Crippen molar-refractivity contribution in [2.75, 3.05) is 11.4 Å². The molecule has 0 fully saturated rings. The predicted octanol–water partition coefficient (Wildman–Crippen LogP) is 3.84. The Morgan fingerprint density at radius 1 is 1.35 bits per heavy atom. The maximum atomic E-state index is 13.7. The highest BCUT2D eigenvalue weighted by Crippen LogP contribution is 2.35. The van der Waals surface area contributed by atoms with E-state index < -0.39 is 22.6 Å². The van der Waals surface area contributed by atoms with E-state index in [1.807, 2.05) is 11.8 Å². The number of nitrogens with zero attached hydrogens (tertiary/aromatic N) is 2. The summed E-state index contributed by atoms with van der Waals surface area (Å²) in [5, 5.41) is 8.48. The number of pyridine rings is 1. The molecular weight excluding hydrogens is 326 g/mol. The van der Waals surface area contributed by atoms with Gasteiger partial charge >= 0.3 is 5.97 Å². The Hall–Kier alpha value is -2.21. The van der Waals surface area contributed by atoms with Crippen LogP contribution in [0.4, 0.5) is 14.5 Å². The van der Waals surface area contributed by atoms with Crippen LogP contribution in [0.1, 0.15) is 34.6 Å². The van der Waals surface area contributed by atoms with Gasteiger partial charge in [0.25, 0.3) is 0 Å². The molecule has 7 heteroatoms. The third-order valence-corrected chi connectivity index (χ3v) is 4.44. The van der Waals surface area contributed by atoms with E-state index in [4.69, 9.17) is 16.7 Å². The summed E-state index contributed by atoms with van der Waals surface area (Å²) in [6.07, 6.45) is 2.08. The molecule has 0 saturated carbocycles. The lowest BCUT2D eigenvalue weighted by molar-refractivity contribution is 0.0690. The van der Waals surface area contributed by atoms with Gasteiger partial charge < -0.3 is 10.0 Å². The number of carboxylic acids is 1. The van der Waals surface area contributed by atoms with Gasteiger partial charge in [0.1, 0.15) is 22.4 Å². The van der Waals surface area contributed by atoms with Gasteiger partial charge in [-0.3, -0.25) is 0 Å². The van der Waals surface area contributed by atoms with Gasteiger partial charge in [-0.05, 0) is 42.7 Å². The van der Waals surface area contributed by atoms with Crippen LogP contribution in [-0.2, 0) is 6.42 Å². The number of hydrogen-bond acceptors (Lipinski definition) is 3. The van der Waals surface area contributed by atoms with Gasteiger partial charge in [-0.25, -0.2) is 18.6 Å². The topological polar surface area (TPSA) is 53.4 Å². The van der Waals surface area contributed by atoms with E-state index in [0.29, 0.717) is 18.7 Å². The molecule has 1 atom stereocenters. The number of rotatable bonds is 2. The van der Waals surface area contributed by atoms with E-state index in [-0.39, 0.29) is 11.7 Å². The zero-order chi connectivity index (χ0) is 16.7. The summed E-state index contributed by atoms with van der Waals surface area (Å²) in [6, 6.07) is 3.76. The van der Waals surface area contributed by atoms with Gasteiger partial charge in [-0.15, -0.1) is 0 Å². The number of hydrogen-bond donors (Lipinski definition) is 1. The molecule has 2 aromatic rings.